The summed E-state index contributed by atoms with van der Waals surface area (Å²) >= 11 is 5.72. The van der Waals surface area contributed by atoms with Crippen LogP contribution in [0.3, 0.4) is 0 Å². The monoisotopic (exact) mass is 274 g/mol. The highest BCUT2D eigenvalue weighted by Gasteiger charge is 2.20. The molecule has 1 aromatic heterocycles. The normalized spacial score (nSPS) is 10.2. The summed E-state index contributed by atoms with van der Waals surface area (Å²) < 4.78 is 30.0. The maximum absolute atomic E-state index is 12.6. The fraction of sp³-hybridized carbons (Fsp3) is 0.364. The summed E-state index contributed by atoms with van der Waals surface area (Å²) in [6, 6.07) is 2.84. The molecule has 0 bridgehead atoms. The van der Waals surface area contributed by atoms with Gasteiger partial charge in [0.15, 0.2) is 0 Å². The molecule has 0 amide bonds. The van der Waals surface area contributed by atoms with E-state index in [1.54, 1.807) is 13.0 Å². The summed E-state index contributed by atoms with van der Waals surface area (Å²) in [5.74, 6) is -0.602. The van der Waals surface area contributed by atoms with Gasteiger partial charge in [-0.2, -0.15) is 5.26 Å². The van der Waals surface area contributed by atoms with Crippen LogP contribution in [-0.2, 0) is 16.0 Å². The average Bonchev–Trinajstić information content (AvgIpc) is 2.31. The third-order valence-electron chi connectivity index (χ3n) is 2.02. The number of esters is 1. The van der Waals surface area contributed by atoms with E-state index >= 15 is 0 Å². The van der Waals surface area contributed by atoms with Gasteiger partial charge < -0.3 is 4.74 Å². The Morgan fingerprint density at radius 3 is 2.83 bits per heavy atom. The molecule has 0 aromatic carbocycles. The van der Waals surface area contributed by atoms with E-state index in [0.717, 1.165) is 0 Å². The molecule has 0 aliphatic rings. The minimum Gasteiger partial charge on any atom is -0.466 e. The molecule has 1 rings (SSSR count). The Hall–Kier alpha value is -1.74. The zero-order valence-electron chi connectivity index (χ0n) is 9.41. The Balaban J connectivity index is 3.14. The summed E-state index contributed by atoms with van der Waals surface area (Å²) in [7, 11) is 0. The number of alkyl halides is 2. The van der Waals surface area contributed by atoms with Crippen LogP contribution in [0.4, 0.5) is 8.78 Å². The zero-order valence-corrected chi connectivity index (χ0v) is 10.2. The number of nitrogens with zero attached hydrogens (tertiary/aromatic N) is 2. The first-order chi connectivity index (χ1) is 8.49. The number of ether oxygens (including phenoxy) is 1. The molecule has 0 atom stereocenters. The fourth-order valence-electron chi connectivity index (χ4n) is 1.30. The second-order valence-electron chi connectivity index (χ2n) is 3.26. The van der Waals surface area contributed by atoms with Crippen molar-refractivity contribution in [2.45, 2.75) is 19.8 Å². The van der Waals surface area contributed by atoms with Crippen molar-refractivity contribution >= 4 is 17.6 Å². The lowest BCUT2D eigenvalue weighted by molar-refractivity contribution is -0.142. The van der Waals surface area contributed by atoms with Crippen molar-refractivity contribution in [2.75, 3.05) is 6.61 Å². The fourth-order valence-corrected chi connectivity index (χ4v) is 1.55. The van der Waals surface area contributed by atoms with Crippen LogP contribution in [0.25, 0.3) is 0 Å². The highest BCUT2D eigenvalue weighted by Crippen LogP contribution is 2.29. The van der Waals surface area contributed by atoms with Crippen LogP contribution in [0.15, 0.2) is 6.07 Å². The van der Waals surface area contributed by atoms with Crippen LogP contribution in [0.1, 0.15) is 30.3 Å². The van der Waals surface area contributed by atoms with Crippen LogP contribution < -0.4 is 0 Å². The first-order valence-corrected chi connectivity index (χ1v) is 5.40. The van der Waals surface area contributed by atoms with Crippen molar-refractivity contribution in [3.63, 3.8) is 0 Å². The van der Waals surface area contributed by atoms with Gasteiger partial charge in [-0.05, 0) is 18.6 Å². The number of halogens is 3. The smallest absolute Gasteiger partial charge is 0.310 e. The summed E-state index contributed by atoms with van der Waals surface area (Å²) in [6.07, 6.45) is -3.18. The summed E-state index contributed by atoms with van der Waals surface area (Å²) in [5, 5.41) is 8.37. The molecule has 0 radical (unpaired) electrons. The topological polar surface area (TPSA) is 63.0 Å². The van der Waals surface area contributed by atoms with E-state index < -0.39 is 18.1 Å². The summed E-state index contributed by atoms with van der Waals surface area (Å²) in [4.78, 5) is 14.7. The Morgan fingerprint density at radius 1 is 1.67 bits per heavy atom. The summed E-state index contributed by atoms with van der Waals surface area (Å²) in [6.45, 7) is 1.80. The molecule has 96 valence electrons. The lowest BCUT2D eigenvalue weighted by Crippen LogP contribution is -2.10. The van der Waals surface area contributed by atoms with Crippen molar-refractivity contribution in [2.24, 2.45) is 0 Å². The SMILES string of the molecule is CCOC(=O)Cc1cc(C#N)nc(C(F)F)c1Cl. The molecule has 0 aliphatic heterocycles. The van der Waals surface area contributed by atoms with Crippen LogP contribution >= 0.6 is 11.6 Å². The number of nitriles is 1. The number of hydrogen-bond acceptors (Lipinski definition) is 4. The molecule has 0 aliphatic carbocycles. The Bertz CT molecular complexity index is 501. The van der Waals surface area contributed by atoms with Gasteiger partial charge in [0.25, 0.3) is 6.43 Å². The molecule has 0 saturated heterocycles. The molecule has 18 heavy (non-hydrogen) atoms. The molecule has 1 heterocycles. The molecule has 0 spiro atoms. The number of rotatable bonds is 4. The molecule has 1 aromatic rings. The summed E-state index contributed by atoms with van der Waals surface area (Å²) in [5.41, 5.74) is -0.805. The van der Waals surface area contributed by atoms with E-state index in [1.807, 2.05) is 0 Å². The Morgan fingerprint density at radius 2 is 2.33 bits per heavy atom. The van der Waals surface area contributed by atoms with Gasteiger partial charge in [-0.1, -0.05) is 11.6 Å². The van der Waals surface area contributed by atoms with Gasteiger partial charge >= 0.3 is 5.97 Å². The van der Waals surface area contributed by atoms with Crippen molar-refractivity contribution in [1.82, 2.24) is 4.98 Å². The van der Waals surface area contributed by atoms with Crippen molar-refractivity contribution < 1.29 is 18.3 Å². The number of carbonyl (C=O) groups excluding carboxylic acids is 1. The number of carbonyl (C=O) groups is 1. The van der Waals surface area contributed by atoms with Crippen molar-refractivity contribution in [3.05, 3.63) is 28.0 Å². The molecule has 7 heteroatoms. The first-order valence-electron chi connectivity index (χ1n) is 5.02. The first kappa shape index (κ1) is 14.3. The standard InChI is InChI=1S/C11H9ClF2N2O2/c1-2-18-8(17)4-6-3-7(5-15)16-10(9(6)12)11(13)14/h3,11H,2,4H2,1H3. The number of hydrogen-bond donors (Lipinski definition) is 0. The van der Waals surface area contributed by atoms with E-state index in [0.29, 0.717) is 0 Å². The van der Waals surface area contributed by atoms with Gasteiger partial charge in [0, 0.05) is 0 Å². The molecular weight excluding hydrogens is 266 g/mol. The molecule has 4 nitrogen and oxygen atoms in total. The molecule has 0 fully saturated rings. The number of pyridine rings is 1. The molecular formula is C11H9ClF2N2O2. The maximum atomic E-state index is 12.6. The highest BCUT2D eigenvalue weighted by atomic mass is 35.5. The second-order valence-corrected chi connectivity index (χ2v) is 3.64. The predicted molar refractivity (Wildman–Crippen MR) is 59.3 cm³/mol. The van der Waals surface area contributed by atoms with Crippen LogP contribution in [0.5, 0.6) is 0 Å². The molecule has 0 unspecified atom stereocenters. The predicted octanol–water partition coefficient (Wildman–Crippen LogP) is 2.65. The Kier molecular flexibility index (Phi) is 4.98. The van der Waals surface area contributed by atoms with Crippen LogP contribution in [0.2, 0.25) is 5.02 Å². The van der Waals surface area contributed by atoms with E-state index in [9.17, 15) is 13.6 Å². The lowest BCUT2D eigenvalue weighted by Gasteiger charge is -2.08. The third-order valence-corrected chi connectivity index (χ3v) is 2.46. The van der Waals surface area contributed by atoms with E-state index in [2.05, 4.69) is 9.72 Å². The maximum Gasteiger partial charge on any atom is 0.310 e. The Labute approximate surface area is 107 Å². The third kappa shape index (κ3) is 3.37. The van der Waals surface area contributed by atoms with Crippen molar-refractivity contribution in [1.29, 1.82) is 5.26 Å². The van der Waals surface area contributed by atoms with Gasteiger partial charge in [-0.25, -0.2) is 13.8 Å². The van der Waals surface area contributed by atoms with E-state index in [-0.39, 0.29) is 29.3 Å². The highest BCUT2D eigenvalue weighted by molar-refractivity contribution is 6.32. The second kappa shape index (κ2) is 6.26. The minimum atomic E-state index is -2.91. The van der Waals surface area contributed by atoms with E-state index in [1.165, 1.54) is 6.07 Å². The quantitative estimate of drug-likeness (QED) is 0.792. The van der Waals surface area contributed by atoms with Gasteiger partial charge in [0.05, 0.1) is 18.1 Å². The van der Waals surface area contributed by atoms with E-state index in [4.69, 9.17) is 16.9 Å². The molecule has 0 saturated carbocycles. The van der Waals surface area contributed by atoms with Gasteiger partial charge in [-0.3, -0.25) is 4.79 Å². The van der Waals surface area contributed by atoms with Crippen molar-refractivity contribution in [3.8, 4) is 6.07 Å². The lowest BCUT2D eigenvalue weighted by atomic mass is 10.1. The number of aromatic nitrogens is 1. The van der Waals surface area contributed by atoms with Crippen LogP contribution in [0, 0.1) is 11.3 Å². The average molecular weight is 275 g/mol. The van der Waals surface area contributed by atoms with Gasteiger partial charge in [0.2, 0.25) is 0 Å². The van der Waals surface area contributed by atoms with Gasteiger partial charge in [0.1, 0.15) is 17.5 Å². The zero-order chi connectivity index (χ0) is 13.7. The largest absolute Gasteiger partial charge is 0.466 e. The van der Waals surface area contributed by atoms with Crippen LogP contribution in [-0.4, -0.2) is 17.6 Å². The minimum absolute atomic E-state index is 0.108. The molecule has 0 N–H and O–H groups in total. The van der Waals surface area contributed by atoms with Gasteiger partial charge in [-0.15, -0.1) is 0 Å².